The SMILES string of the molecule is CC(C)CS(=O)(=O)NCC(c1ccsc1)N1CCc2ccccc2C1. The maximum Gasteiger partial charge on any atom is 0.211 e. The van der Waals surface area contributed by atoms with Crippen LogP contribution in [-0.2, 0) is 23.0 Å². The molecule has 0 saturated carbocycles. The van der Waals surface area contributed by atoms with E-state index in [1.807, 2.05) is 13.8 Å². The van der Waals surface area contributed by atoms with Crippen LogP contribution in [0.25, 0.3) is 0 Å². The molecule has 0 bridgehead atoms. The summed E-state index contributed by atoms with van der Waals surface area (Å²) in [7, 11) is -3.24. The van der Waals surface area contributed by atoms with Gasteiger partial charge >= 0.3 is 0 Å². The summed E-state index contributed by atoms with van der Waals surface area (Å²) in [6.45, 7) is 6.09. The van der Waals surface area contributed by atoms with Crippen molar-refractivity contribution in [1.29, 1.82) is 0 Å². The van der Waals surface area contributed by atoms with Gasteiger partial charge in [-0.05, 0) is 45.9 Å². The highest BCUT2D eigenvalue weighted by molar-refractivity contribution is 7.89. The van der Waals surface area contributed by atoms with E-state index in [-0.39, 0.29) is 17.7 Å². The lowest BCUT2D eigenvalue weighted by Crippen LogP contribution is -2.41. The van der Waals surface area contributed by atoms with Crippen LogP contribution in [0.1, 0.15) is 36.6 Å². The third kappa shape index (κ3) is 4.91. The molecule has 0 radical (unpaired) electrons. The lowest BCUT2D eigenvalue weighted by Gasteiger charge is -2.35. The minimum Gasteiger partial charge on any atom is -0.290 e. The molecule has 1 N–H and O–H groups in total. The minimum atomic E-state index is -3.24. The van der Waals surface area contributed by atoms with Crippen molar-refractivity contribution in [3.8, 4) is 0 Å². The smallest absolute Gasteiger partial charge is 0.211 e. The molecule has 1 atom stereocenters. The Morgan fingerprint density at radius 2 is 1.96 bits per heavy atom. The van der Waals surface area contributed by atoms with Gasteiger partial charge in [-0.15, -0.1) is 0 Å². The molecule has 0 spiro atoms. The first-order valence-corrected chi connectivity index (χ1v) is 11.3. The third-order valence-corrected chi connectivity index (χ3v) is 6.99. The Morgan fingerprint density at radius 3 is 2.64 bits per heavy atom. The molecule has 2 heterocycles. The Kier molecular flexibility index (Phi) is 5.94. The van der Waals surface area contributed by atoms with Crippen molar-refractivity contribution < 1.29 is 8.42 Å². The number of fused-ring (bicyclic) bond motifs is 1. The molecule has 1 aliphatic rings. The Labute approximate surface area is 154 Å². The highest BCUT2D eigenvalue weighted by Gasteiger charge is 2.26. The molecule has 1 unspecified atom stereocenters. The van der Waals surface area contributed by atoms with Gasteiger partial charge in [-0.25, -0.2) is 13.1 Å². The normalized spacial score (nSPS) is 16.8. The van der Waals surface area contributed by atoms with Crippen LogP contribution in [0.2, 0.25) is 0 Å². The fourth-order valence-electron chi connectivity index (χ4n) is 3.41. The van der Waals surface area contributed by atoms with Gasteiger partial charge in [0.2, 0.25) is 10.0 Å². The zero-order valence-corrected chi connectivity index (χ0v) is 16.4. The van der Waals surface area contributed by atoms with Crippen LogP contribution in [0.4, 0.5) is 0 Å². The summed E-state index contributed by atoms with van der Waals surface area (Å²) in [6.07, 6.45) is 1.01. The summed E-state index contributed by atoms with van der Waals surface area (Å²) < 4.78 is 27.4. The lowest BCUT2D eigenvalue weighted by atomic mass is 9.97. The molecular formula is C19H26N2O2S2. The van der Waals surface area contributed by atoms with E-state index in [0.29, 0.717) is 6.54 Å². The first-order chi connectivity index (χ1) is 11.9. The maximum absolute atomic E-state index is 12.3. The van der Waals surface area contributed by atoms with Crippen molar-refractivity contribution in [2.45, 2.75) is 32.9 Å². The van der Waals surface area contributed by atoms with Crippen molar-refractivity contribution in [2.75, 3.05) is 18.8 Å². The molecule has 4 nitrogen and oxygen atoms in total. The van der Waals surface area contributed by atoms with E-state index in [1.165, 1.54) is 16.7 Å². The molecular weight excluding hydrogens is 352 g/mol. The molecule has 6 heteroatoms. The quantitative estimate of drug-likeness (QED) is 0.803. The molecule has 136 valence electrons. The highest BCUT2D eigenvalue weighted by Crippen LogP contribution is 2.28. The number of hydrogen-bond acceptors (Lipinski definition) is 4. The lowest BCUT2D eigenvalue weighted by molar-refractivity contribution is 0.180. The van der Waals surface area contributed by atoms with Gasteiger partial charge in [-0.3, -0.25) is 4.90 Å². The van der Waals surface area contributed by atoms with Crippen LogP contribution in [0, 0.1) is 5.92 Å². The third-order valence-electron chi connectivity index (χ3n) is 4.58. The number of rotatable bonds is 7. The van der Waals surface area contributed by atoms with Gasteiger partial charge in [0.15, 0.2) is 0 Å². The summed E-state index contributed by atoms with van der Waals surface area (Å²) in [4.78, 5) is 2.39. The Hall–Kier alpha value is -1.21. The molecule has 1 aromatic heterocycles. The monoisotopic (exact) mass is 378 g/mol. The molecule has 3 rings (SSSR count). The molecule has 1 aromatic carbocycles. The Morgan fingerprint density at radius 1 is 1.20 bits per heavy atom. The van der Waals surface area contributed by atoms with Crippen LogP contribution < -0.4 is 4.72 Å². The van der Waals surface area contributed by atoms with Gasteiger partial charge < -0.3 is 0 Å². The van der Waals surface area contributed by atoms with Gasteiger partial charge in [0, 0.05) is 25.7 Å². The van der Waals surface area contributed by atoms with Crippen molar-refractivity contribution in [3.63, 3.8) is 0 Å². The van der Waals surface area contributed by atoms with Crippen molar-refractivity contribution in [1.82, 2.24) is 9.62 Å². The second-order valence-corrected chi connectivity index (χ2v) is 9.72. The first kappa shape index (κ1) is 18.6. The summed E-state index contributed by atoms with van der Waals surface area (Å²) in [5, 5.41) is 4.19. The number of nitrogens with one attached hydrogen (secondary N) is 1. The fraction of sp³-hybridized carbons (Fsp3) is 0.474. The predicted octanol–water partition coefficient (Wildman–Crippen LogP) is 3.42. The predicted molar refractivity (Wildman–Crippen MR) is 104 cm³/mol. The summed E-state index contributed by atoms with van der Waals surface area (Å²) in [6, 6.07) is 10.7. The largest absolute Gasteiger partial charge is 0.290 e. The standard InChI is InChI=1S/C19H26N2O2S2/c1-15(2)14-25(22,23)20-11-19(18-8-10-24-13-18)21-9-7-16-5-3-4-6-17(16)12-21/h3-6,8,10,13,15,19-20H,7,9,11-12,14H2,1-2H3. The average molecular weight is 379 g/mol. The zero-order valence-electron chi connectivity index (χ0n) is 14.8. The fourth-order valence-corrected chi connectivity index (χ4v) is 5.52. The number of benzene rings is 1. The Balaban J connectivity index is 1.75. The maximum atomic E-state index is 12.3. The van der Waals surface area contributed by atoms with E-state index < -0.39 is 10.0 Å². The molecule has 0 fully saturated rings. The Bertz CT molecular complexity index is 786. The van der Waals surface area contributed by atoms with Gasteiger partial charge in [0.25, 0.3) is 0 Å². The van der Waals surface area contributed by atoms with Gasteiger partial charge in [0.05, 0.1) is 5.75 Å². The van der Waals surface area contributed by atoms with Crippen LogP contribution in [-0.4, -0.2) is 32.2 Å². The van der Waals surface area contributed by atoms with Crippen molar-refractivity contribution in [2.24, 2.45) is 5.92 Å². The zero-order chi connectivity index (χ0) is 17.9. The molecule has 1 aliphatic heterocycles. The molecule has 2 aromatic rings. The van der Waals surface area contributed by atoms with E-state index >= 15 is 0 Å². The van der Waals surface area contributed by atoms with Gasteiger partial charge in [0.1, 0.15) is 0 Å². The number of thiophene rings is 1. The van der Waals surface area contributed by atoms with E-state index in [2.05, 4.69) is 50.7 Å². The number of sulfonamides is 1. The average Bonchev–Trinajstić information content (AvgIpc) is 3.08. The van der Waals surface area contributed by atoms with Crippen LogP contribution >= 0.6 is 11.3 Å². The first-order valence-electron chi connectivity index (χ1n) is 8.75. The van der Waals surface area contributed by atoms with Crippen molar-refractivity contribution >= 4 is 21.4 Å². The van der Waals surface area contributed by atoms with E-state index in [4.69, 9.17) is 0 Å². The van der Waals surface area contributed by atoms with Crippen LogP contribution in [0.3, 0.4) is 0 Å². The minimum absolute atomic E-state index is 0.0709. The molecule has 0 amide bonds. The van der Waals surface area contributed by atoms with Crippen molar-refractivity contribution in [3.05, 3.63) is 57.8 Å². The van der Waals surface area contributed by atoms with E-state index in [9.17, 15) is 8.42 Å². The number of nitrogens with zero attached hydrogens (tertiary/aromatic N) is 1. The molecule has 0 saturated heterocycles. The van der Waals surface area contributed by atoms with Gasteiger partial charge in [-0.2, -0.15) is 11.3 Å². The van der Waals surface area contributed by atoms with Gasteiger partial charge in [-0.1, -0.05) is 38.1 Å². The molecule has 0 aliphatic carbocycles. The number of hydrogen-bond donors (Lipinski definition) is 1. The second-order valence-electron chi connectivity index (χ2n) is 7.09. The molecule has 25 heavy (non-hydrogen) atoms. The highest BCUT2D eigenvalue weighted by atomic mass is 32.2. The van der Waals surface area contributed by atoms with E-state index in [0.717, 1.165) is 19.5 Å². The van der Waals surface area contributed by atoms with Crippen LogP contribution in [0.15, 0.2) is 41.1 Å². The summed E-state index contributed by atoms with van der Waals surface area (Å²) in [5.74, 6) is 0.297. The summed E-state index contributed by atoms with van der Waals surface area (Å²) in [5.41, 5.74) is 3.94. The second kappa shape index (κ2) is 7.99. The van der Waals surface area contributed by atoms with Crippen LogP contribution in [0.5, 0.6) is 0 Å². The summed E-state index contributed by atoms with van der Waals surface area (Å²) >= 11 is 1.66. The van der Waals surface area contributed by atoms with E-state index in [1.54, 1.807) is 11.3 Å². The topological polar surface area (TPSA) is 49.4 Å².